The lowest BCUT2D eigenvalue weighted by Crippen LogP contribution is -2.12. The number of anilines is 1. The third-order valence-corrected chi connectivity index (χ3v) is 2.69. The van der Waals surface area contributed by atoms with E-state index in [9.17, 15) is 4.39 Å². The fraction of sp³-hybridized carbons (Fsp3) is 0.429. The first-order valence-corrected chi connectivity index (χ1v) is 5.87. The molecule has 3 heteroatoms. The molecule has 0 spiro atoms. The van der Waals surface area contributed by atoms with Crippen LogP contribution >= 0.6 is 0 Å². The van der Waals surface area contributed by atoms with Crippen molar-refractivity contribution in [2.45, 2.75) is 39.5 Å². The van der Waals surface area contributed by atoms with Crippen LogP contribution in [0.25, 0.3) is 0 Å². The van der Waals surface area contributed by atoms with Gasteiger partial charge in [0.1, 0.15) is 5.82 Å². The molecule has 94 valence electrons. The highest BCUT2D eigenvalue weighted by molar-refractivity contribution is 5.62. The van der Waals surface area contributed by atoms with Crippen molar-refractivity contribution in [2.75, 3.05) is 5.32 Å². The van der Waals surface area contributed by atoms with Gasteiger partial charge in [-0.3, -0.25) is 0 Å². The molecule has 2 nitrogen and oxygen atoms in total. The second-order valence-corrected chi connectivity index (χ2v) is 4.92. The lowest BCUT2D eigenvalue weighted by atomic mass is 9.92. The van der Waals surface area contributed by atoms with Crippen molar-refractivity contribution in [3.8, 4) is 0 Å². The summed E-state index contributed by atoms with van der Waals surface area (Å²) in [5.41, 5.74) is 8.36. The monoisotopic (exact) mass is 236 g/mol. The third kappa shape index (κ3) is 3.22. The van der Waals surface area contributed by atoms with Crippen LogP contribution in [0.2, 0.25) is 0 Å². The van der Waals surface area contributed by atoms with Crippen LogP contribution in [0, 0.1) is 5.82 Å². The molecule has 0 atom stereocenters. The van der Waals surface area contributed by atoms with Crippen molar-refractivity contribution in [3.05, 3.63) is 41.5 Å². The smallest absolute Gasteiger partial charge is 0.123 e. The highest BCUT2D eigenvalue weighted by Crippen LogP contribution is 2.33. The third-order valence-electron chi connectivity index (χ3n) is 2.69. The summed E-state index contributed by atoms with van der Waals surface area (Å²) in [5.74, 6) is 0.626. The van der Waals surface area contributed by atoms with Gasteiger partial charge in [-0.25, -0.2) is 4.39 Å². The average Bonchev–Trinajstić information content (AvgIpc) is 2.18. The molecule has 1 aromatic rings. The van der Waals surface area contributed by atoms with Gasteiger partial charge in [0.15, 0.2) is 0 Å². The molecule has 0 aromatic heterocycles. The molecule has 1 aromatic carbocycles. The predicted octanol–water partition coefficient (Wildman–Crippen LogP) is 3.91. The standard InChI is InChI=1S/C14H21FN2/c1-8(2)12-6-11(15)7-13(9(3)4)14(12)17-10(5)16/h6-9,17H,5,16H2,1-4H3. The Bertz CT molecular complexity index is 393. The van der Waals surface area contributed by atoms with E-state index in [4.69, 9.17) is 5.73 Å². The van der Waals surface area contributed by atoms with Gasteiger partial charge in [-0.05, 0) is 35.1 Å². The molecule has 3 N–H and O–H groups in total. The van der Waals surface area contributed by atoms with E-state index in [1.165, 1.54) is 0 Å². The Morgan fingerprint density at radius 3 is 1.88 bits per heavy atom. The van der Waals surface area contributed by atoms with E-state index in [0.717, 1.165) is 16.8 Å². The van der Waals surface area contributed by atoms with E-state index in [1.807, 2.05) is 27.7 Å². The van der Waals surface area contributed by atoms with Crippen molar-refractivity contribution in [2.24, 2.45) is 5.73 Å². The number of rotatable bonds is 4. The molecule has 17 heavy (non-hydrogen) atoms. The van der Waals surface area contributed by atoms with Gasteiger partial charge in [-0.2, -0.15) is 0 Å². The van der Waals surface area contributed by atoms with Crippen molar-refractivity contribution >= 4 is 5.69 Å². The number of benzene rings is 1. The van der Waals surface area contributed by atoms with Gasteiger partial charge in [0.25, 0.3) is 0 Å². The Morgan fingerprint density at radius 1 is 1.18 bits per heavy atom. The second kappa shape index (κ2) is 5.21. The van der Waals surface area contributed by atoms with Crippen molar-refractivity contribution < 1.29 is 4.39 Å². The van der Waals surface area contributed by atoms with Crippen LogP contribution in [0.15, 0.2) is 24.5 Å². The Labute approximate surface area is 103 Å². The van der Waals surface area contributed by atoms with Crippen LogP contribution in [0.1, 0.15) is 50.7 Å². The lowest BCUT2D eigenvalue weighted by molar-refractivity contribution is 0.618. The maximum atomic E-state index is 13.6. The van der Waals surface area contributed by atoms with Gasteiger partial charge >= 0.3 is 0 Å². The van der Waals surface area contributed by atoms with Gasteiger partial charge in [0, 0.05) is 5.69 Å². The summed E-state index contributed by atoms with van der Waals surface area (Å²) in [6.07, 6.45) is 0. The number of nitrogens with two attached hydrogens (primary N) is 1. The van der Waals surface area contributed by atoms with Gasteiger partial charge in [-0.1, -0.05) is 34.3 Å². The molecule has 0 saturated heterocycles. The second-order valence-electron chi connectivity index (χ2n) is 4.92. The highest BCUT2D eigenvalue weighted by atomic mass is 19.1. The van der Waals surface area contributed by atoms with Gasteiger partial charge < -0.3 is 11.1 Å². The van der Waals surface area contributed by atoms with E-state index in [1.54, 1.807) is 12.1 Å². The Kier molecular flexibility index (Phi) is 4.16. The minimum atomic E-state index is -0.203. The summed E-state index contributed by atoms with van der Waals surface area (Å²) in [6.45, 7) is 11.8. The zero-order valence-electron chi connectivity index (χ0n) is 11.0. The summed E-state index contributed by atoms with van der Waals surface area (Å²) in [7, 11) is 0. The highest BCUT2D eigenvalue weighted by Gasteiger charge is 2.15. The Morgan fingerprint density at radius 2 is 1.59 bits per heavy atom. The maximum absolute atomic E-state index is 13.6. The van der Waals surface area contributed by atoms with Crippen molar-refractivity contribution in [1.82, 2.24) is 0 Å². The first kappa shape index (κ1) is 13.6. The molecular weight excluding hydrogens is 215 g/mol. The first-order valence-electron chi connectivity index (χ1n) is 5.87. The Balaban J connectivity index is 3.41. The molecule has 0 heterocycles. The molecule has 0 amide bonds. The van der Waals surface area contributed by atoms with Crippen LogP contribution in [0.3, 0.4) is 0 Å². The van der Waals surface area contributed by atoms with Crippen LogP contribution in [-0.4, -0.2) is 0 Å². The molecular formula is C14H21FN2. The first-order chi connectivity index (χ1) is 7.82. The van der Waals surface area contributed by atoms with Crippen LogP contribution in [-0.2, 0) is 0 Å². The van der Waals surface area contributed by atoms with E-state index in [2.05, 4.69) is 11.9 Å². The summed E-state index contributed by atoms with van der Waals surface area (Å²) < 4.78 is 13.6. The van der Waals surface area contributed by atoms with Crippen LogP contribution in [0.4, 0.5) is 10.1 Å². The molecule has 0 bridgehead atoms. The quantitative estimate of drug-likeness (QED) is 0.831. The zero-order valence-corrected chi connectivity index (χ0v) is 11.0. The summed E-state index contributed by atoms with van der Waals surface area (Å²) in [6, 6.07) is 3.11. The predicted molar refractivity (Wildman–Crippen MR) is 71.5 cm³/mol. The topological polar surface area (TPSA) is 38.0 Å². The number of nitrogens with one attached hydrogen (secondary N) is 1. The van der Waals surface area contributed by atoms with Crippen molar-refractivity contribution in [3.63, 3.8) is 0 Å². The minimum absolute atomic E-state index is 0.203. The van der Waals surface area contributed by atoms with Gasteiger partial charge in [0.05, 0.1) is 5.82 Å². The molecule has 0 aliphatic carbocycles. The number of hydrogen-bond donors (Lipinski definition) is 2. The van der Waals surface area contributed by atoms with Gasteiger partial charge in [0.2, 0.25) is 0 Å². The fourth-order valence-electron chi connectivity index (χ4n) is 1.87. The molecule has 0 radical (unpaired) electrons. The van der Waals surface area contributed by atoms with Crippen LogP contribution in [0.5, 0.6) is 0 Å². The summed E-state index contributed by atoms with van der Waals surface area (Å²) in [4.78, 5) is 0. The maximum Gasteiger partial charge on any atom is 0.123 e. The van der Waals surface area contributed by atoms with Crippen molar-refractivity contribution in [1.29, 1.82) is 0 Å². The molecule has 0 fully saturated rings. The van der Waals surface area contributed by atoms with E-state index in [-0.39, 0.29) is 17.7 Å². The average molecular weight is 236 g/mol. The van der Waals surface area contributed by atoms with Gasteiger partial charge in [-0.15, -0.1) is 0 Å². The number of hydrogen-bond acceptors (Lipinski definition) is 2. The summed E-state index contributed by atoms with van der Waals surface area (Å²) in [5, 5.41) is 3.05. The minimum Gasteiger partial charge on any atom is -0.386 e. The fourth-order valence-corrected chi connectivity index (χ4v) is 1.87. The van der Waals surface area contributed by atoms with E-state index < -0.39 is 0 Å². The Hall–Kier alpha value is -1.51. The normalized spacial score (nSPS) is 11.0. The van der Waals surface area contributed by atoms with E-state index >= 15 is 0 Å². The molecule has 1 rings (SSSR count). The lowest BCUT2D eigenvalue weighted by Gasteiger charge is -2.21. The SMILES string of the molecule is C=C(N)Nc1c(C(C)C)cc(F)cc1C(C)C. The zero-order chi connectivity index (χ0) is 13.2. The van der Waals surface area contributed by atoms with Crippen LogP contribution < -0.4 is 11.1 Å². The largest absolute Gasteiger partial charge is 0.386 e. The molecule has 0 aliphatic heterocycles. The molecule has 0 unspecified atom stereocenters. The summed E-state index contributed by atoms with van der Waals surface area (Å²) >= 11 is 0. The molecule has 0 aliphatic rings. The number of halogens is 1. The molecule has 0 saturated carbocycles. The van der Waals surface area contributed by atoms with E-state index in [0.29, 0.717) is 5.82 Å².